The maximum Gasteiger partial charge on any atom is 0.266 e. The van der Waals surface area contributed by atoms with Crippen LogP contribution in [0.3, 0.4) is 0 Å². The quantitative estimate of drug-likeness (QED) is 0.173. The van der Waals surface area contributed by atoms with Crippen LogP contribution in [-0.2, 0) is 11.3 Å². The molecule has 0 unspecified atom stereocenters. The van der Waals surface area contributed by atoms with Crippen LogP contribution in [0.1, 0.15) is 35.6 Å². The summed E-state index contributed by atoms with van der Waals surface area (Å²) < 4.78 is 8.29. The molecule has 0 atom stereocenters. The predicted molar refractivity (Wildman–Crippen MR) is 159 cm³/mol. The van der Waals surface area contributed by atoms with Gasteiger partial charge in [0.15, 0.2) is 0 Å². The second kappa shape index (κ2) is 11.4. The van der Waals surface area contributed by atoms with Gasteiger partial charge in [-0.2, -0.15) is 5.10 Å². The third kappa shape index (κ3) is 5.59. The van der Waals surface area contributed by atoms with Crippen LogP contribution in [-0.4, -0.2) is 31.5 Å². The van der Waals surface area contributed by atoms with Crippen LogP contribution in [0.2, 0.25) is 0 Å². The summed E-state index contributed by atoms with van der Waals surface area (Å²) in [5, 5.41) is 4.93. The van der Waals surface area contributed by atoms with Crippen molar-refractivity contribution in [2.75, 3.05) is 6.61 Å². The first-order valence-corrected chi connectivity index (χ1v) is 13.8. The van der Waals surface area contributed by atoms with Gasteiger partial charge in [-0.1, -0.05) is 78.9 Å². The normalized spacial score (nSPS) is 14.5. The molecule has 1 saturated heterocycles. The number of thiocarbonyl (C=S) groups is 1. The van der Waals surface area contributed by atoms with Crippen molar-refractivity contribution in [3.63, 3.8) is 0 Å². The third-order valence-electron chi connectivity index (χ3n) is 6.29. The molecule has 38 heavy (non-hydrogen) atoms. The average Bonchev–Trinajstić information content (AvgIpc) is 3.46. The van der Waals surface area contributed by atoms with Gasteiger partial charge in [-0.3, -0.25) is 9.69 Å². The lowest BCUT2D eigenvalue weighted by atomic mass is 10.0. The summed E-state index contributed by atoms with van der Waals surface area (Å²) in [5.41, 5.74) is 6.82. The summed E-state index contributed by atoms with van der Waals surface area (Å²) >= 11 is 6.94. The average molecular weight is 540 g/mol. The van der Waals surface area contributed by atoms with E-state index in [1.165, 1.54) is 17.3 Å². The van der Waals surface area contributed by atoms with Gasteiger partial charge < -0.3 is 4.74 Å². The molecule has 5 nitrogen and oxygen atoms in total. The van der Waals surface area contributed by atoms with Gasteiger partial charge in [0.1, 0.15) is 15.8 Å². The number of nitrogens with zero attached hydrogens (tertiary/aromatic N) is 3. The molecule has 0 aliphatic carbocycles. The van der Waals surface area contributed by atoms with E-state index in [0.29, 0.717) is 22.4 Å². The number of benzene rings is 3. The minimum atomic E-state index is -0.0847. The van der Waals surface area contributed by atoms with E-state index in [4.69, 9.17) is 22.1 Å². The fourth-order valence-electron chi connectivity index (χ4n) is 4.25. The Morgan fingerprint density at radius 1 is 1.03 bits per heavy atom. The highest BCUT2D eigenvalue weighted by atomic mass is 32.2. The summed E-state index contributed by atoms with van der Waals surface area (Å²) in [6.45, 7) is 7.32. The number of aryl methyl sites for hydroxylation is 2. The molecular formula is C31H29N3O2S2. The molecule has 4 aromatic rings. The van der Waals surface area contributed by atoms with Gasteiger partial charge in [0, 0.05) is 17.3 Å². The van der Waals surface area contributed by atoms with E-state index in [2.05, 4.69) is 13.0 Å². The zero-order valence-corrected chi connectivity index (χ0v) is 23.3. The van der Waals surface area contributed by atoms with Gasteiger partial charge in [-0.15, -0.1) is 0 Å². The van der Waals surface area contributed by atoms with Crippen LogP contribution in [0, 0.1) is 13.8 Å². The zero-order chi connectivity index (χ0) is 26.6. The lowest BCUT2D eigenvalue weighted by Crippen LogP contribution is -2.27. The molecule has 1 amide bonds. The van der Waals surface area contributed by atoms with Gasteiger partial charge in [-0.25, -0.2) is 4.68 Å². The molecule has 3 aromatic carbocycles. The Labute approximate surface area is 233 Å². The van der Waals surface area contributed by atoms with Crippen molar-refractivity contribution in [1.82, 2.24) is 14.7 Å². The summed E-state index contributed by atoms with van der Waals surface area (Å²) in [4.78, 5) is 15.7. The first kappa shape index (κ1) is 25.9. The maximum atomic E-state index is 13.4. The number of thioether (sulfide) groups is 1. The van der Waals surface area contributed by atoms with E-state index in [9.17, 15) is 4.79 Å². The number of hydrogen-bond donors (Lipinski definition) is 0. The molecule has 0 radical (unpaired) electrons. The van der Waals surface area contributed by atoms with E-state index in [-0.39, 0.29) is 5.91 Å². The highest BCUT2D eigenvalue weighted by Crippen LogP contribution is 2.36. The molecule has 0 spiro atoms. The largest absolute Gasteiger partial charge is 0.493 e. The Bertz CT molecular complexity index is 1510. The second-order valence-electron chi connectivity index (χ2n) is 9.30. The molecule has 192 valence electrons. The molecule has 2 heterocycles. The first-order valence-electron chi connectivity index (χ1n) is 12.6. The number of hydrogen-bond acceptors (Lipinski definition) is 5. The van der Waals surface area contributed by atoms with Crippen LogP contribution in [0.4, 0.5) is 0 Å². The fourth-order valence-corrected chi connectivity index (χ4v) is 5.50. The van der Waals surface area contributed by atoms with Crippen LogP contribution in [0.5, 0.6) is 5.75 Å². The molecule has 1 aliphatic heterocycles. The molecule has 7 heteroatoms. The standard InChI is InChI=1S/C31H29N3O2S2/c1-4-16-36-27-15-14-24(17-22(27)3)29-25(20-34(32-29)26-8-6-5-7-9-26)18-28-30(35)33(31(37)38-28)19-23-12-10-21(2)11-13-23/h5-15,17-18,20H,4,16,19H2,1-3H3/b28-18+. The number of para-hydroxylation sites is 1. The van der Waals surface area contributed by atoms with Crippen LogP contribution in [0.25, 0.3) is 23.0 Å². The summed E-state index contributed by atoms with van der Waals surface area (Å²) in [6, 6.07) is 24.2. The zero-order valence-electron chi connectivity index (χ0n) is 21.7. The monoisotopic (exact) mass is 539 g/mol. The number of amides is 1. The molecule has 1 fully saturated rings. The van der Waals surface area contributed by atoms with E-state index in [1.54, 1.807) is 4.90 Å². The van der Waals surface area contributed by atoms with Crippen molar-refractivity contribution in [3.05, 3.63) is 106 Å². The molecule has 1 aliphatic rings. The van der Waals surface area contributed by atoms with Crippen molar-refractivity contribution in [2.45, 2.75) is 33.7 Å². The molecule has 5 rings (SSSR count). The van der Waals surface area contributed by atoms with Gasteiger partial charge in [-0.05, 0) is 67.8 Å². The topological polar surface area (TPSA) is 47.4 Å². The van der Waals surface area contributed by atoms with E-state index in [1.807, 2.05) is 97.5 Å². The van der Waals surface area contributed by atoms with Gasteiger partial charge >= 0.3 is 0 Å². The number of aromatic nitrogens is 2. The Morgan fingerprint density at radius 2 is 1.79 bits per heavy atom. The van der Waals surface area contributed by atoms with E-state index in [0.717, 1.165) is 45.8 Å². The lowest BCUT2D eigenvalue weighted by Gasteiger charge is -2.14. The van der Waals surface area contributed by atoms with E-state index < -0.39 is 0 Å². The number of ether oxygens (including phenoxy) is 1. The maximum absolute atomic E-state index is 13.4. The van der Waals surface area contributed by atoms with Crippen molar-refractivity contribution in [1.29, 1.82) is 0 Å². The number of rotatable bonds is 8. The van der Waals surface area contributed by atoms with Crippen LogP contribution < -0.4 is 4.74 Å². The number of carbonyl (C=O) groups is 1. The molecule has 0 N–H and O–H groups in total. The lowest BCUT2D eigenvalue weighted by molar-refractivity contribution is -0.122. The third-order valence-corrected chi connectivity index (χ3v) is 7.67. The molecular weight excluding hydrogens is 510 g/mol. The van der Waals surface area contributed by atoms with Gasteiger partial charge in [0.25, 0.3) is 5.91 Å². The SMILES string of the molecule is CCCOc1ccc(-c2nn(-c3ccccc3)cc2/C=C2/SC(=S)N(Cc3ccc(C)cc3)C2=O)cc1C. The van der Waals surface area contributed by atoms with Crippen LogP contribution >= 0.6 is 24.0 Å². The van der Waals surface area contributed by atoms with Crippen LogP contribution in [0.15, 0.2) is 83.9 Å². The molecule has 1 aromatic heterocycles. The molecule has 0 bridgehead atoms. The Balaban J connectivity index is 1.50. The highest BCUT2D eigenvalue weighted by molar-refractivity contribution is 8.26. The summed E-state index contributed by atoms with van der Waals surface area (Å²) in [6.07, 6.45) is 4.83. The summed E-state index contributed by atoms with van der Waals surface area (Å²) in [5.74, 6) is 0.787. The minimum absolute atomic E-state index is 0.0847. The fraction of sp³-hybridized carbons (Fsp3) is 0.194. The Kier molecular flexibility index (Phi) is 7.77. The molecule has 0 saturated carbocycles. The van der Waals surface area contributed by atoms with Gasteiger partial charge in [0.05, 0.1) is 23.7 Å². The van der Waals surface area contributed by atoms with E-state index >= 15 is 0 Å². The van der Waals surface area contributed by atoms with Crippen molar-refractivity contribution in [2.24, 2.45) is 0 Å². The van der Waals surface area contributed by atoms with Gasteiger partial charge in [0.2, 0.25) is 0 Å². The number of carbonyl (C=O) groups excluding carboxylic acids is 1. The first-order chi connectivity index (χ1) is 18.4. The minimum Gasteiger partial charge on any atom is -0.493 e. The Hall–Kier alpha value is -3.68. The predicted octanol–water partition coefficient (Wildman–Crippen LogP) is 7.35. The van der Waals surface area contributed by atoms with Crippen molar-refractivity contribution in [3.8, 4) is 22.7 Å². The Morgan fingerprint density at radius 3 is 2.50 bits per heavy atom. The highest BCUT2D eigenvalue weighted by Gasteiger charge is 2.32. The van der Waals surface area contributed by atoms with Crippen molar-refractivity contribution < 1.29 is 9.53 Å². The summed E-state index contributed by atoms with van der Waals surface area (Å²) in [7, 11) is 0. The second-order valence-corrected chi connectivity index (χ2v) is 11.0. The van der Waals surface area contributed by atoms with Crippen molar-refractivity contribution >= 4 is 40.3 Å². The smallest absolute Gasteiger partial charge is 0.266 e.